The van der Waals surface area contributed by atoms with Gasteiger partial charge in [0.25, 0.3) is 5.56 Å². The third kappa shape index (κ3) is 2.77. The molecule has 0 unspecified atom stereocenters. The summed E-state index contributed by atoms with van der Waals surface area (Å²) in [5.74, 6) is 0.0871. The molecule has 43 heavy (non-hydrogen) atoms. The fraction of sp³-hybridized carbons (Fsp3) is 0.0526. The largest absolute Gasteiger partial charge is 0.294 e. The van der Waals surface area contributed by atoms with Gasteiger partial charge in [0.05, 0.1) is 28.9 Å². The van der Waals surface area contributed by atoms with E-state index in [0.29, 0.717) is 11.0 Å². The molecular weight excluding hydrogens is 530 g/mol. The molecule has 2 aromatic heterocycles. The quantitative estimate of drug-likeness (QED) is 0.152. The minimum atomic E-state index is -0.0569. The van der Waals surface area contributed by atoms with Crippen LogP contribution in [0.1, 0.15) is 27.9 Å². The predicted molar refractivity (Wildman–Crippen MR) is 175 cm³/mol. The van der Waals surface area contributed by atoms with E-state index in [2.05, 4.69) is 36.4 Å². The molecule has 7 aromatic carbocycles. The number of pyridine rings is 1. The van der Waals surface area contributed by atoms with E-state index in [1.54, 1.807) is 4.40 Å². The summed E-state index contributed by atoms with van der Waals surface area (Å²) in [6.45, 7) is 2.04. The molecule has 0 bridgehead atoms. The van der Waals surface area contributed by atoms with Crippen molar-refractivity contribution in [2.24, 2.45) is 4.99 Å². The molecule has 0 radical (unpaired) electrons. The molecule has 0 aliphatic heterocycles. The number of nitrogens with zero attached hydrogens (tertiary/aromatic N) is 3. The van der Waals surface area contributed by atoms with Crippen molar-refractivity contribution in [1.29, 1.82) is 0 Å². The normalized spacial score (nSPS) is 14.7. The van der Waals surface area contributed by atoms with Gasteiger partial charge in [0.15, 0.2) is 5.78 Å². The molecule has 10 rings (SSSR count). The average molecular weight is 552 g/mol. The average Bonchev–Trinajstić information content (AvgIpc) is 3.43. The number of imidazole rings is 1. The molecule has 1 aliphatic carbocycles. The number of rotatable bonds is 1. The number of hydrogen-bond acceptors (Lipinski definition) is 4. The number of aromatic nitrogens is 2. The zero-order chi connectivity index (χ0) is 28.6. The Morgan fingerprint density at radius 2 is 1.23 bits per heavy atom. The van der Waals surface area contributed by atoms with Gasteiger partial charge in [-0.25, -0.2) is 4.98 Å². The van der Waals surface area contributed by atoms with Crippen LogP contribution in [0.3, 0.4) is 0 Å². The predicted octanol–water partition coefficient (Wildman–Crippen LogP) is 8.50. The maximum absolute atomic E-state index is 14.0. The standard InChI is InChI=1S/C38H21N3O2/c1-19-6-2-3-7-28(19)39-30-18-32(42)25-15-11-21-23-13-17-27-36-26(37-40-29-8-4-5-9-31(29)41(37)38(27)43)16-12-22(34(23)36)20-10-14-24(30)35(25)33(20)21/h2-17H,18H2,1H3/b39-30+. The van der Waals surface area contributed by atoms with Crippen LogP contribution in [-0.4, -0.2) is 20.9 Å². The number of para-hydroxylation sites is 3. The van der Waals surface area contributed by atoms with Crippen molar-refractivity contribution >= 4 is 87.7 Å². The third-order valence-corrected chi connectivity index (χ3v) is 9.45. The molecule has 0 saturated carbocycles. The second-order valence-electron chi connectivity index (χ2n) is 11.7. The summed E-state index contributed by atoms with van der Waals surface area (Å²) >= 11 is 0. The molecule has 0 atom stereocenters. The van der Waals surface area contributed by atoms with E-state index < -0.39 is 0 Å². The van der Waals surface area contributed by atoms with E-state index in [1.807, 2.05) is 67.6 Å². The molecule has 200 valence electrons. The number of hydrogen-bond donors (Lipinski definition) is 0. The molecule has 5 nitrogen and oxygen atoms in total. The summed E-state index contributed by atoms with van der Waals surface area (Å²) in [5, 5.41) is 9.98. The highest BCUT2D eigenvalue weighted by Gasteiger charge is 2.28. The minimum absolute atomic E-state index is 0.0569. The smallest absolute Gasteiger partial charge is 0.264 e. The van der Waals surface area contributed by atoms with Crippen LogP contribution in [0.4, 0.5) is 5.69 Å². The summed E-state index contributed by atoms with van der Waals surface area (Å²) in [4.78, 5) is 37.5. The first-order valence-corrected chi connectivity index (χ1v) is 14.5. The number of benzene rings is 7. The fourth-order valence-electron chi connectivity index (χ4n) is 7.54. The van der Waals surface area contributed by atoms with Gasteiger partial charge in [0.1, 0.15) is 5.65 Å². The number of carbonyl (C=O) groups excluding carboxylic acids is 1. The highest BCUT2D eigenvalue weighted by Crippen LogP contribution is 2.46. The van der Waals surface area contributed by atoms with E-state index in [0.717, 1.165) is 87.6 Å². The number of Topliss-reactive ketones (excluding diaryl/α,β-unsaturated/α-hetero) is 1. The fourth-order valence-corrected chi connectivity index (χ4v) is 7.54. The van der Waals surface area contributed by atoms with E-state index in [9.17, 15) is 9.59 Å². The van der Waals surface area contributed by atoms with Gasteiger partial charge in [-0.05, 0) is 75.1 Å². The highest BCUT2D eigenvalue weighted by molar-refractivity contribution is 6.41. The van der Waals surface area contributed by atoms with Crippen LogP contribution >= 0.6 is 0 Å². The minimum Gasteiger partial charge on any atom is -0.294 e. The SMILES string of the molecule is Cc1ccccc1/N=C1\CC(=O)c2ccc3c4ccc5c(=O)n6c7ccccc7nc6c6ccc(c7ccc1c2c37)c4c56. The summed E-state index contributed by atoms with van der Waals surface area (Å²) in [6.07, 6.45) is 0.275. The Hall–Kier alpha value is -5.68. The Bertz CT molecular complexity index is 2790. The van der Waals surface area contributed by atoms with Gasteiger partial charge in [-0.15, -0.1) is 0 Å². The third-order valence-electron chi connectivity index (χ3n) is 9.45. The van der Waals surface area contributed by atoms with Crippen molar-refractivity contribution in [3.63, 3.8) is 0 Å². The van der Waals surface area contributed by atoms with Crippen molar-refractivity contribution in [2.45, 2.75) is 13.3 Å². The van der Waals surface area contributed by atoms with Gasteiger partial charge in [-0.1, -0.05) is 66.7 Å². The second kappa shape index (κ2) is 7.78. The monoisotopic (exact) mass is 551 g/mol. The Morgan fingerprint density at radius 3 is 2.02 bits per heavy atom. The van der Waals surface area contributed by atoms with Crippen molar-refractivity contribution < 1.29 is 4.79 Å². The zero-order valence-electron chi connectivity index (χ0n) is 23.1. The Morgan fingerprint density at radius 1 is 0.628 bits per heavy atom. The number of fused-ring (bicyclic) bond motifs is 6. The van der Waals surface area contributed by atoms with Crippen molar-refractivity contribution in [2.75, 3.05) is 0 Å². The maximum atomic E-state index is 14.0. The Labute approximate surface area is 244 Å². The second-order valence-corrected chi connectivity index (χ2v) is 11.7. The summed E-state index contributed by atoms with van der Waals surface area (Å²) < 4.78 is 1.75. The summed E-state index contributed by atoms with van der Waals surface area (Å²) in [6, 6.07) is 32.5. The van der Waals surface area contributed by atoms with Gasteiger partial charge in [0.2, 0.25) is 0 Å². The van der Waals surface area contributed by atoms with Crippen molar-refractivity contribution in [3.05, 3.63) is 124 Å². The van der Waals surface area contributed by atoms with Gasteiger partial charge in [-0.3, -0.25) is 19.0 Å². The Balaban J connectivity index is 1.38. The molecule has 2 heterocycles. The van der Waals surface area contributed by atoms with Crippen molar-refractivity contribution in [3.8, 4) is 0 Å². The summed E-state index contributed by atoms with van der Waals surface area (Å²) in [5.41, 5.74) is 6.77. The zero-order valence-corrected chi connectivity index (χ0v) is 23.1. The number of aliphatic imine (C=N–C) groups is 1. The first-order chi connectivity index (χ1) is 21.1. The molecule has 1 aliphatic rings. The van der Waals surface area contributed by atoms with Gasteiger partial charge in [0, 0.05) is 32.7 Å². The van der Waals surface area contributed by atoms with E-state index >= 15 is 0 Å². The lowest BCUT2D eigenvalue weighted by Crippen LogP contribution is -2.17. The molecule has 0 amide bonds. The lowest BCUT2D eigenvalue weighted by molar-refractivity contribution is 0.100. The molecule has 9 aromatic rings. The number of carbonyl (C=O) groups is 1. The topological polar surface area (TPSA) is 63.8 Å². The summed E-state index contributed by atoms with van der Waals surface area (Å²) in [7, 11) is 0. The van der Waals surface area contributed by atoms with E-state index in [1.165, 1.54) is 0 Å². The molecule has 0 saturated heterocycles. The van der Waals surface area contributed by atoms with Crippen LogP contribution in [-0.2, 0) is 0 Å². The maximum Gasteiger partial charge on any atom is 0.264 e. The van der Waals surface area contributed by atoms with Crippen LogP contribution < -0.4 is 5.56 Å². The molecular formula is C38H21N3O2. The van der Waals surface area contributed by atoms with Crippen LogP contribution in [0.2, 0.25) is 0 Å². The molecule has 5 heteroatoms. The first-order valence-electron chi connectivity index (χ1n) is 14.5. The number of aryl methyl sites for hydroxylation is 1. The highest BCUT2D eigenvalue weighted by atomic mass is 16.1. The van der Waals surface area contributed by atoms with Gasteiger partial charge < -0.3 is 0 Å². The van der Waals surface area contributed by atoms with E-state index in [-0.39, 0.29) is 17.8 Å². The first kappa shape index (κ1) is 22.9. The molecule has 0 spiro atoms. The van der Waals surface area contributed by atoms with Gasteiger partial charge >= 0.3 is 0 Å². The van der Waals surface area contributed by atoms with E-state index in [4.69, 9.17) is 9.98 Å². The van der Waals surface area contributed by atoms with Crippen LogP contribution in [0.25, 0.3) is 70.5 Å². The lowest BCUT2D eigenvalue weighted by atomic mass is 9.80. The lowest BCUT2D eigenvalue weighted by Gasteiger charge is -2.23. The van der Waals surface area contributed by atoms with Crippen LogP contribution in [0.5, 0.6) is 0 Å². The van der Waals surface area contributed by atoms with Crippen LogP contribution in [0, 0.1) is 6.92 Å². The molecule has 0 N–H and O–H groups in total. The number of ketones is 1. The molecule has 0 fully saturated rings. The van der Waals surface area contributed by atoms with Crippen LogP contribution in [0.15, 0.2) is 107 Å². The van der Waals surface area contributed by atoms with Gasteiger partial charge in [-0.2, -0.15) is 0 Å². The van der Waals surface area contributed by atoms with Crippen molar-refractivity contribution in [1.82, 2.24) is 9.38 Å². The Kier molecular flexibility index (Phi) is 4.15.